The molecule has 1 unspecified atom stereocenters. The highest BCUT2D eigenvalue weighted by molar-refractivity contribution is 5.69. The van der Waals surface area contributed by atoms with Gasteiger partial charge in [0.15, 0.2) is 0 Å². The van der Waals surface area contributed by atoms with Gasteiger partial charge in [0.05, 0.1) is 0 Å². The van der Waals surface area contributed by atoms with Crippen LogP contribution in [-0.4, -0.2) is 11.0 Å². The molecule has 0 radical (unpaired) electrons. The van der Waals surface area contributed by atoms with Crippen LogP contribution < -0.4 is 0 Å². The van der Waals surface area contributed by atoms with Gasteiger partial charge in [-0.25, -0.2) is 0 Å². The fraction of sp³-hybridized carbons (Fsp3) is 0.760. The van der Waals surface area contributed by atoms with E-state index in [1.807, 2.05) is 12.1 Å². The fourth-order valence-electron chi connectivity index (χ4n) is 3.45. The molecule has 0 aliphatic rings. The first-order chi connectivity index (χ1) is 13.7. The maximum Gasteiger partial charge on any atom is 0.306 e. The summed E-state index contributed by atoms with van der Waals surface area (Å²) in [5.74, 6) is 0.825. The zero-order valence-corrected chi connectivity index (χ0v) is 18.5. The maximum absolute atomic E-state index is 11.7. The minimum atomic E-state index is -0.0898. The van der Waals surface area contributed by atoms with Crippen LogP contribution in [0.2, 0.25) is 0 Å². The van der Waals surface area contributed by atoms with E-state index in [-0.39, 0.29) is 5.97 Å². The number of esters is 1. The number of ether oxygens (including phenoxy) is 1. The number of rotatable bonds is 18. The molecule has 1 rings (SSSR count). The Balaban J connectivity index is 1.77. The van der Waals surface area contributed by atoms with Crippen LogP contribution in [0.25, 0.3) is 0 Å². The summed E-state index contributed by atoms with van der Waals surface area (Å²) in [7, 11) is 0. The van der Waals surface area contributed by atoms with Crippen molar-refractivity contribution in [3.63, 3.8) is 0 Å². The molecule has 0 aliphatic heterocycles. The topological polar surface area (TPSA) is 39.2 Å². The van der Waals surface area contributed by atoms with E-state index in [1.54, 1.807) is 12.4 Å². The lowest BCUT2D eigenvalue weighted by atomic mass is 9.99. The average Bonchev–Trinajstić information content (AvgIpc) is 2.73. The number of aromatic nitrogens is 1. The molecule has 0 aliphatic carbocycles. The van der Waals surface area contributed by atoms with E-state index in [1.165, 1.54) is 77.0 Å². The van der Waals surface area contributed by atoms with Crippen LogP contribution in [0.3, 0.4) is 0 Å². The number of nitrogens with zero attached hydrogens (tertiary/aromatic N) is 1. The Labute approximate surface area is 173 Å². The van der Waals surface area contributed by atoms with Crippen molar-refractivity contribution in [2.45, 2.75) is 117 Å². The summed E-state index contributed by atoms with van der Waals surface area (Å²) >= 11 is 0. The minimum absolute atomic E-state index is 0.0898. The molecular formula is C25H43NO2. The van der Waals surface area contributed by atoms with E-state index in [4.69, 9.17) is 4.74 Å². The summed E-state index contributed by atoms with van der Waals surface area (Å²) in [6.07, 6.45) is 22.6. The van der Waals surface area contributed by atoms with Gasteiger partial charge in [-0.2, -0.15) is 0 Å². The smallest absolute Gasteiger partial charge is 0.306 e. The molecule has 1 aromatic rings. The van der Waals surface area contributed by atoms with Crippen molar-refractivity contribution in [1.82, 2.24) is 4.98 Å². The normalized spacial score (nSPS) is 12.1. The SMILES string of the molecule is CCC(C)CCCCCCCCCCCCCCC(=O)OCc1cccnc1. The lowest BCUT2D eigenvalue weighted by Gasteiger charge is -2.07. The van der Waals surface area contributed by atoms with E-state index < -0.39 is 0 Å². The van der Waals surface area contributed by atoms with Gasteiger partial charge in [0.1, 0.15) is 6.61 Å². The van der Waals surface area contributed by atoms with Gasteiger partial charge in [-0.1, -0.05) is 103 Å². The van der Waals surface area contributed by atoms with Gasteiger partial charge in [0.2, 0.25) is 0 Å². The largest absolute Gasteiger partial charge is 0.461 e. The van der Waals surface area contributed by atoms with Crippen molar-refractivity contribution in [2.75, 3.05) is 0 Å². The van der Waals surface area contributed by atoms with Gasteiger partial charge in [0, 0.05) is 24.4 Å². The molecule has 1 atom stereocenters. The van der Waals surface area contributed by atoms with Crippen LogP contribution in [0.4, 0.5) is 0 Å². The zero-order valence-electron chi connectivity index (χ0n) is 18.5. The van der Waals surface area contributed by atoms with Gasteiger partial charge in [0.25, 0.3) is 0 Å². The molecular weight excluding hydrogens is 346 g/mol. The molecule has 1 aromatic heterocycles. The lowest BCUT2D eigenvalue weighted by Crippen LogP contribution is -2.04. The first-order valence-corrected chi connectivity index (χ1v) is 11.8. The van der Waals surface area contributed by atoms with Crippen molar-refractivity contribution >= 4 is 5.97 Å². The Morgan fingerprint density at radius 1 is 0.929 bits per heavy atom. The monoisotopic (exact) mass is 389 g/mol. The Bertz CT molecular complexity index is 475. The third kappa shape index (κ3) is 14.6. The summed E-state index contributed by atoms with van der Waals surface area (Å²) in [5, 5.41) is 0. The summed E-state index contributed by atoms with van der Waals surface area (Å²) in [6, 6.07) is 3.78. The second kappa shape index (κ2) is 17.7. The second-order valence-corrected chi connectivity index (χ2v) is 8.32. The standard InChI is InChI=1S/C25H43NO2/c1-3-23(2)17-14-12-10-8-6-4-5-7-9-11-13-15-19-25(27)28-22-24-18-16-20-26-21-24/h16,18,20-21,23H,3-15,17,19,22H2,1-2H3. The van der Waals surface area contributed by atoms with Crippen LogP contribution in [0.1, 0.15) is 116 Å². The van der Waals surface area contributed by atoms with Crippen molar-refractivity contribution in [1.29, 1.82) is 0 Å². The number of hydrogen-bond donors (Lipinski definition) is 0. The quantitative estimate of drug-likeness (QED) is 0.191. The van der Waals surface area contributed by atoms with Crippen molar-refractivity contribution in [3.05, 3.63) is 30.1 Å². The molecule has 0 aromatic carbocycles. The average molecular weight is 390 g/mol. The van der Waals surface area contributed by atoms with Crippen LogP contribution in [0.15, 0.2) is 24.5 Å². The highest BCUT2D eigenvalue weighted by atomic mass is 16.5. The van der Waals surface area contributed by atoms with Gasteiger partial charge in [-0.05, 0) is 18.4 Å². The highest BCUT2D eigenvalue weighted by Crippen LogP contribution is 2.15. The molecule has 0 saturated carbocycles. The highest BCUT2D eigenvalue weighted by Gasteiger charge is 2.03. The fourth-order valence-corrected chi connectivity index (χ4v) is 3.45. The van der Waals surface area contributed by atoms with Crippen molar-refractivity contribution < 1.29 is 9.53 Å². The summed E-state index contributed by atoms with van der Waals surface area (Å²) in [5.41, 5.74) is 0.946. The molecule has 160 valence electrons. The number of carbonyl (C=O) groups is 1. The third-order valence-electron chi connectivity index (χ3n) is 5.65. The summed E-state index contributed by atoms with van der Waals surface area (Å²) in [6.45, 7) is 5.00. The Hall–Kier alpha value is -1.38. The van der Waals surface area contributed by atoms with Gasteiger partial charge in [-0.15, -0.1) is 0 Å². The predicted molar refractivity (Wildman–Crippen MR) is 118 cm³/mol. The van der Waals surface area contributed by atoms with E-state index in [2.05, 4.69) is 18.8 Å². The molecule has 0 amide bonds. The molecule has 28 heavy (non-hydrogen) atoms. The van der Waals surface area contributed by atoms with Gasteiger partial charge >= 0.3 is 5.97 Å². The molecule has 3 heteroatoms. The summed E-state index contributed by atoms with van der Waals surface area (Å²) in [4.78, 5) is 15.7. The molecule has 0 spiro atoms. The third-order valence-corrected chi connectivity index (χ3v) is 5.65. The van der Waals surface area contributed by atoms with E-state index >= 15 is 0 Å². The Morgan fingerprint density at radius 3 is 2.04 bits per heavy atom. The first-order valence-electron chi connectivity index (χ1n) is 11.8. The molecule has 0 fully saturated rings. The molecule has 0 saturated heterocycles. The summed E-state index contributed by atoms with van der Waals surface area (Å²) < 4.78 is 5.27. The lowest BCUT2D eigenvalue weighted by molar-refractivity contribution is -0.145. The number of unbranched alkanes of at least 4 members (excludes halogenated alkanes) is 11. The minimum Gasteiger partial charge on any atom is -0.461 e. The van der Waals surface area contributed by atoms with Gasteiger partial charge in [-0.3, -0.25) is 9.78 Å². The van der Waals surface area contributed by atoms with Crippen LogP contribution in [0, 0.1) is 5.92 Å². The van der Waals surface area contributed by atoms with Crippen molar-refractivity contribution in [3.8, 4) is 0 Å². The van der Waals surface area contributed by atoms with E-state index in [0.29, 0.717) is 13.0 Å². The Kier molecular flexibility index (Phi) is 15.6. The van der Waals surface area contributed by atoms with Crippen molar-refractivity contribution in [2.24, 2.45) is 5.92 Å². The molecule has 0 N–H and O–H groups in total. The zero-order chi connectivity index (χ0) is 20.3. The second-order valence-electron chi connectivity index (χ2n) is 8.32. The predicted octanol–water partition coefficient (Wildman–Crippen LogP) is 7.63. The molecule has 0 bridgehead atoms. The first kappa shape index (κ1) is 24.7. The number of carbonyl (C=O) groups excluding carboxylic acids is 1. The van der Waals surface area contributed by atoms with Crippen LogP contribution in [0.5, 0.6) is 0 Å². The van der Waals surface area contributed by atoms with E-state index in [9.17, 15) is 4.79 Å². The maximum atomic E-state index is 11.7. The van der Waals surface area contributed by atoms with Crippen LogP contribution in [-0.2, 0) is 16.1 Å². The van der Waals surface area contributed by atoms with Crippen LogP contribution >= 0.6 is 0 Å². The molecule has 3 nitrogen and oxygen atoms in total. The number of pyridine rings is 1. The molecule has 1 heterocycles. The van der Waals surface area contributed by atoms with E-state index in [0.717, 1.165) is 24.3 Å². The van der Waals surface area contributed by atoms with Gasteiger partial charge < -0.3 is 4.74 Å². The number of hydrogen-bond acceptors (Lipinski definition) is 3. The Morgan fingerprint density at radius 2 is 1.50 bits per heavy atom.